The quantitative estimate of drug-likeness (QED) is 0.596. The highest BCUT2D eigenvalue weighted by atomic mass is 32.2. The minimum absolute atomic E-state index is 0.0568. The molecule has 2 fully saturated rings. The van der Waals surface area contributed by atoms with E-state index in [4.69, 9.17) is 4.74 Å². The molecule has 1 spiro atoms. The maximum absolute atomic E-state index is 6.94. The summed E-state index contributed by atoms with van der Waals surface area (Å²) in [6.45, 7) is 4.07. The Morgan fingerprint density at radius 1 is 1.00 bits per heavy atom. The minimum Gasteiger partial charge on any atom is -0.360 e. The molecule has 0 aliphatic carbocycles. The summed E-state index contributed by atoms with van der Waals surface area (Å²) in [5, 5.41) is 0. The van der Waals surface area contributed by atoms with Gasteiger partial charge in [-0.3, -0.25) is 0 Å². The first-order valence-electron chi connectivity index (χ1n) is 8.97. The van der Waals surface area contributed by atoms with Crippen LogP contribution in [0.4, 0.5) is 0 Å². The van der Waals surface area contributed by atoms with Crippen LogP contribution < -0.4 is 0 Å². The van der Waals surface area contributed by atoms with Crippen molar-refractivity contribution in [3.05, 3.63) is 84.4 Å². The van der Waals surface area contributed by atoms with Crippen LogP contribution in [0.15, 0.2) is 73.3 Å². The van der Waals surface area contributed by atoms with Crippen molar-refractivity contribution in [1.82, 2.24) is 0 Å². The first-order chi connectivity index (χ1) is 12.3. The number of benzene rings is 2. The lowest BCUT2D eigenvalue weighted by molar-refractivity contribution is -0.0465. The van der Waals surface area contributed by atoms with Crippen LogP contribution in [-0.4, -0.2) is 15.6 Å². The van der Waals surface area contributed by atoms with Crippen molar-refractivity contribution < 1.29 is 4.74 Å². The second kappa shape index (κ2) is 7.22. The number of rotatable bonds is 4. The molecule has 2 aromatic carbocycles. The van der Waals surface area contributed by atoms with Gasteiger partial charge in [0.2, 0.25) is 0 Å². The van der Waals surface area contributed by atoms with Crippen LogP contribution in [0.5, 0.6) is 0 Å². The molecule has 2 atom stereocenters. The van der Waals surface area contributed by atoms with Crippen molar-refractivity contribution in [3.8, 4) is 0 Å². The van der Waals surface area contributed by atoms with E-state index >= 15 is 0 Å². The molecule has 2 saturated heterocycles. The Kier molecular flexibility index (Phi) is 4.99. The van der Waals surface area contributed by atoms with E-state index in [-0.39, 0.29) is 15.8 Å². The Morgan fingerprint density at radius 3 is 2.28 bits per heavy atom. The molecule has 25 heavy (non-hydrogen) atoms. The largest absolute Gasteiger partial charge is 0.360 e. The van der Waals surface area contributed by atoms with Crippen LogP contribution in [0, 0.1) is 0 Å². The lowest BCUT2D eigenvalue weighted by Gasteiger charge is -2.45. The van der Waals surface area contributed by atoms with E-state index in [0.717, 1.165) is 12.8 Å². The van der Waals surface area contributed by atoms with Crippen LogP contribution in [0.3, 0.4) is 0 Å². The zero-order valence-corrected chi connectivity index (χ0v) is 16.0. The number of ether oxygens (including phenoxy) is 1. The molecule has 0 amide bonds. The van der Waals surface area contributed by atoms with Gasteiger partial charge >= 0.3 is 0 Å². The molecule has 2 aliphatic heterocycles. The second-order valence-electron chi connectivity index (χ2n) is 6.71. The molecule has 3 heteroatoms. The molecule has 130 valence electrons. The lowest BCUT2D eigenvalue weighted by Crippen LogP contribution is -2.45. The van der Waals surface area contributed by atoms with E-state index in [2.05, 4.69) is 90.8 Å². The molecule has 0 radical (unpaired) electrons. The van der Waals surface area contributed by atoms with Crippen LogP contribution in [-0.2, 0) is 10.3 Å². The Morgan fingerprint density at radius 2 is 1.64 bits per heavy atom. The molecule has 0 unspecified atom stereocenters. The average molecular weight is 369 g/mol. The van der Waals surface area contributed by atoms with Crippen molar-refractivity contribution in [2.45, 2.75) is 35.0 Å². The molecule has 0 saturated carbocycles. The molecule has 2 heterocycles. The Labute approximate surface area is 159 Å². The monoisotopic (exact) mass is 368 g/mol. The maximum atomic E-state index is 6.94. The van der Waals surface area contributed by atoms with Crippen molar-refractivity contribution in [3.63, 3.8) is 0 Å². The van der Waals surface area contributed by atoms with Gasteiger partial charge in [0.15, 0.2) is 0 Å². The van der Waals surface area contributed by atoms with Crippen molar-refractivity contribution in [1.29, 1.82) is 0 Å². The molecule has 2 aromatic rings. The second-order valence-corrected chi connectivity index (χ2v) is 9.76. The van der Waals surface area contributed by atoms with Gasteiger partial charge in [-0.15, -0.1) is 30.1 Å². The van der Waals surface area contributed by atoms with Gasteiger partial charge in [0, 0.05) is 12.8 Å². The highest BCUT2D eigenvalue weighted by Gasteiger charge is 2.61. The molecular weight excluding hydrogens is 344 g/mol. The Bertz CT molecular complexity index is 709. The average Bonchev–Trinajstić information content (AvgIpc) is 2.99. The summed E-state index contributed by atoms with van der Waals surface area (Å²) in [6, 6.07) is 21.5. The molecule has 0 bridgehead atoms. The third-order valence-electron chi connectivity index (χ3n) is 5.22. The van der Waals surface area contributed by atoms with E-state index in [1.54, 1.807) is 0 Å². The summed E-state index contributed by atoms with van der Waals surface area (Å²) in [4.78, 5) is 0. The first kappa shape index (κ1) is 17.3. The predicted molar refractivity (Wildman–Crippen MR) is 110 cm³/mol. The van der Waals surface area contributed by atoms with E-state index in [0.29, 0.717) is 0 Å². The fraction of sp³-hybridized carbons (Fsp3) is 0.364. The van der Waals surface area contributed by atoms with E-state index in [1.165, 1.54) is 29.1 Å². The number of hydrogen-bond acceptors (Lipinski definition) is 3. The van der Waals surface area contributed by atoms with Crippen LogP contribution in [0.1, 0.15) is 36.5 Å². The summed E-state index contributed by atoms with van der Waals surface area (Å²) < 4.78 is 7.00. The zero-order chi connectivity index (χ0) is 17.2. The fourth-order valence-corrected chi connectivity index (χ4v) is 7.84. The van der Waals surface area contributed by atoms with Crippen LogP contribution >= 0.6 is 23.5 Å². The minimum atomic E-state index is -0.313. The van der Waals surface area contributed by atoms with Gasteiger partial charge in [-0.25, -0.2) is 0 Å². The molecule has 1 nitrogen and oxygen atoms in total. The van der Waals surface area contributed by atoms with Crippen molar-refractivity contribution in [2.24, 2.45) is 0 Å². The van der Waals surface area contributed by atoms with E-state index in [9.17, 15) is 0 Å². The standard InChI is InChI=1S/C22H24OS2/c1-2-14-21(19-12-7-4-8-13-19)22(24-15-9-16-25-22)17-20(23-21)18-10-5-3-6-11-18/h2-8,10-13,20H,1,9,14-17H2/t20-,21+/m0/s1. The van der Waals surface area contributed by atoms with Gasteiger partial charge in [0.05, 0.1) is 10.2 Å². The number of thioether (sulfide) groups is 2. The summed E-state index contributed by atoms with van der Waals surface area (Å²) in [7, 11) is 0. The number of hydrogen-bond donors (Lipinski definition) is 0. The summed E-state index contributed by atoms with van der Waals surface area (Å²) in [5.41, 5.74) is 2.26. The van der Waals surface area contributed by atoms with Gasteiger partial charge in [-0.1, -0.05) is 66.7 Å². The highest BCUT2D eigenvalue weighted by Crippen LogP contribution is 2.66. The van der Waals surface area contributed by atoms with Gasteiger partial charge in [0.25, 0.3) is 0 Å². The molecular formula is C22H24OS2. The molecule has 2 aliphatic rings. The third-order valence-corrected chi connectivity index (χ3v) is 8.83. The van der Waals surface area contributed by atoms with Gasteiger partial charge in [0.1, 0.15) is 5.60 Å². The summed E-state index contributed by atoms with van der Waals surface area (Å²) in [6.07, 6.45) is 5.36. The third kappa shape index (κ3) is 2.97. The van der Waals surface area contributed by atoms with Gasteiger partial charge in [-0.2, -0.15) is 0 Å². The topological polar surface area (TPSA) is 9.23 Å². The first-order valence-corrected chi connectivity index (χ1v) is 10.9. The SMILES string of the molecule is C=CC[C@]1(c2ccccc2)O[C@H](c2ccccc2)CC12SCCCS2. The molecule has 0 aromatic heterocycles. The lowest BCUT2D eigenvalue weighted by atomic mass is 9.86. The smallest absolute Gasteiger partial charge is 0.121 e. The normalized spacial score (nSPS) is 28.1. The predicted octanol–water partition coefficient (Wildman–Crippen LogP) is 6.19. The molecule has 4 rings (SSSR count). The Hall–Kier alpha value is -1.16. The van der Waals surface area contributed by atoms with Crippen LogP contribution in [0.25, 0.3) is 0 Å². The van der Waals surface area contributed by atoms with Gasteiger partial charge < -0.3 is 4.74 Å². The maximum Gasteiger partial charge on any atom is 0.121 e. The van der Waals surface area contributed by atoms with Gasteiger partial charge in [-0.05, 0) is 29.1 Å². The van der Waals surface area contributed by atoms with Crippen molar-refractivity contribution >= 4 is 23.5 Å². The summed E-state index contributed by atoms with van der Waals surface area (Å²) >= 11 is 4.21. The molecule has 0 N–H and O–H groups in total. The summed E-state index contributed by atoms with van der Waals surface area (Å²) in [5.74, 6) is 2.42. The van der Waals surface area contributed by atoms with E-state index in [1.807, 2.05) is 6.08 Å². The zero-order valence-electron chi connectivity index (χ0n) is 14.4. The van der Waals surface area contributed by atoms with Crippen molar-refractivity contribution in [2.75, 3.05) is 11.5 Å². The Balaban J connectivity index is 1.82. The fourth-order valence-electron chi connectivity index (χ4n) is 4.08. The van der Waals surface area contributed by atoms with Crippen LogP contribution in [0.2, 0.25) is 0 Å². The highest BCUT2D eigenvalue weighted by molar-refractivity contribution is 8.18. The van der Waals surface area contributed by atoms with E-state index < -0.39 is 0 Å².